The molecule has 2 aliphatic heterocycles. The van der Waals surface area contributed by atoms with Crippen LogP contribution in [0.1, 0.15) is 44.3 Å². The highest BCUT2D eigenvalue weighted by Gasteiger charge is 2.33. The van der Waals surface area contributed by atoms with Gasteiger partial charge in [-0.25, -0.2) is 4.68 Å². The van der Waals surface area contributed by atoms with E-state index in [2.05, 4.69) is 20.8 Å². The molecule has 8 nitrogen and oxygen atoms in total. The fourth-order valence-electron chi connectivity index (χ4n) is 4.04. The van der Waals surface area contributed by atoms with Gasteiger partial charge in [0.05, 0.1) is 0 Å². The molecule has 0 saturated carbocycles. The first-order valence-corrected chi connectivity index (χ1v) is 9.24. The van der Waals surface area contributed by atoms with E-state index >= 15 is 0 Å². The highest BCUT2D eigenvalue weighted by Crippen LogP contribution is 2.23. The van der Waals surface area contributed by atoms with Crippen molar-refractivity contribution < 1.29 is 9.59 Å². The quantitative estimate of drug-likeness (QED) is 0.859. The largest absolute Gasteiger partial charge is 0.348 e. The van der Waals surface area contributed by atoms with Gasteiger partial charge in [-0.1, -0.05) is 6.08 Å². The molecule has 2 amide bonds. The molecule has 0 bridgehead atoms. The number of aryl methyl sites for hydroxylation is 2. The molecule has 3 aliphatic rings. The van der Waals surface area contributed by atoms with Gasteiger partial charge in [0, 0.05) is 43.6 Å². The van der Waals surface area contributed by atoms with Gasteiger partial charge in [-0.15, -0.1) is 5.10 Å². The minimum atomic E-state index is 0.00971. The molecule has 1 N–H and O–H groups in total. The summed E-state index contributed by atoms with van der Waals surface area (Å²) in [4.78, 5) is 27.0. The van der Waals surface area contributed by atoms with Gasteiger partial charge >= 0.3 is 0 Å². The van der Waals surface area contributed by atoms with Crippen LogP contribution in [0.4, 0.5) is 0 Å². The van der Waals surface area contributed by atoms with Crippen molar-refractivity contribution in [1.82, 2.24) is 30.4 Å². The zero-order chi connectivity index (χ0) is 17.2. The van der Waals surface area contributed by atoms with Crippen LogP contribution in [0.25, 0.3) is 0 Å². The van der Waals surface area contributed by atoms with Crippen molar-refractivity contribution in [2.45, 2.75) is 57.5 Å². The monoisotopic (exact) mass is 344 g/mol. The molecule has 1 aliphatic carbocycles. The average Bonchev–Trinajstić information content (AvgIpc) is 3.34. The summed E-state index contributed by atoms with van der Waals surface area (Å²) >= 11 is 0. The number of aromatic nitrogens is 4. The first kappa shape index (κ1) is 16.2. The molecule has 3 heterocycles. The lowest BCUT2D eigenvalue weighted by atomic mass is 9.99. The summed E-state index contributed by atoms with van der Waals surface area (Å²) in [5, 5.41) is 14.8. The molecule has 2 atom stereocenters. The molecule has 1 saturated heterocycles. The number of amides is 2. The number of nitrogens with one attached hydrogen (secondary N) is 1. The van der Waals surface area contributed by atoms with Gasteiger partial charge in [0.1, 0.15) is 0 Å². The van der Waals surface area contributed by atoms with Crippen LogP contribution in [0.5, 0.6) is 0 Å². The number of carbonyl (C=O) groups excluding carboxylic acids is 2. The topological polar surface area (TPSA) is 93.0 Å². The lowest BCUT2D eigenvalue weighted by molar-refractivity contribution is -0.135. The molecule has 8 heteroatoms. The second-order valence-electron chi connectivity index (χ2n) is 7.21. The zero-order valence-electron chi connectivity index (χ0n) is 14.4. The number of carbonyl (C=O) groups is 2. The van der Waals surface area contributed by atoms with Gasteiger partial charge in [0.15, 0.2) is 5.82 Å². The van der Waals surface area contributed by atoms with Gasteiger partial charge in [-0.2, -0.15) is 0 Å². The van der Waals surface area contributed by atoms with E-state index in [9.17, 15) is 9.59 Å². The van der Waals surface area contributed by atoms with Crippen LogP contribution in [-0.2, 0) is 22.6 Å². The van der Waals surface area contributed by atoms with E-state index in [1.54, 1.807) is 4.68 Å². The van der Waals surface area contributed by atoms with Crippen LogP contribution in [0, 0.1) is 5.92 Å². The van der Waals surface area contributed by atoms with E-state index in [1.165, 1.54) is 0 Å². The predicted molar refractivity (Wildman–Crippen MR) is 89.3 cm³/mol. The third-order valence-electron chi connectivity index (χ3n) is 5.53. The first-order chi connectivity index (χ1) is 12.2. The molecule has 1 aromatic heterocycles. The van der Waals surface area contributed by atoms with Crippen molar-refractivity contribution >= 4 is 11.8 Å². The van der Waals surface area contributed by atoms with Crippen LogP contribution in [-0.4, -0.2) is 56.1 Å². The number of fused-ring (bicyclic) bond motifs is 1. The molecule has 2 unspecified atom stereocenters. The Morgan fingerprint density at radius 2 is 2.08 bits per heavy atom. The van der Waals surface area contributed by atoms with Gasteiger partial charge in [-0.05, 0) is 49.0 Å². The molecule has 25 heavy (non-hydrogen) atoms. The Balaban J connectivity index is 1.30. The van der Waals surface area contributed by atoms with Gasteiger partial charge in [-0.3, -0.25) is 9.59 Å². The predicted octanol–water partition coefficient (Wildman–Crippen LogP) is 0.453. The third-order valence-corrected chi connectivity index (χ3v) is 5.53. The molecule has 134 valence electrons. The minimum absolute atomic E-state index is 0.00971. The van der Waals surface area contributed by atoms with E-state index in [0.29, 0.717) is 13.1 Å². The standard InChI is InChI=1S/C17H24N6O2/c24-16(12-3-1-2-4-12)18-14-8-9-22(11-14)17(25)13-5-6-15-19-20-21-23(15)10-7-13/h3,13-14H,1-2,4-11H2,(H,18,24). The molecule has 1 fully saturated rings. The van der Waals surface area contributed by atoms with Crippen LogP contribution in [0.15, 0.2) is 11.6 Å². The van der Waals surface area contributed by atoms with E-state index in [-0.39, 0.29) is 23.8 Å². The van der Waals surface area contributed by atoms with Crippen molar-refractivity contribution in [3.8, 4) is 0 Å². The van der Waals surface area contributed by atoms with E-state index in [0.717, 1.165) is 62.9 Å². The molecule has 4 rings (SSSR count). The van der Waals surface area contributed by atoms with E-state index in [1.807, 2.05) is 11.0 Å². The van der Waals surface area contributed by atoms with Gasteiger partial charge in [0.2, 0.25) is 11.8 Å². The van der Waals surface area contributed by atoms with Gasteiger partial charge in [0.25, 0.3) is 0 Å². The summed E-state index contributed by atoms with van der Waals surface area (Å²) < 4.78 is 1.80. The molecule has 0 aromatic carbocycles. The number of likely N-dealkylation sites (tertiary alicyclic amines) is 1. The van der Waals surface area contributed by atoms with E-state index in [4.69, 9.17) is 0 Å². The highest BCUT2D eigenvalue weighted by atomic mass is 16.2. The lowest BCUT2D eigenvalue weighted by Gasteiger charge is -2.22. The molecule has 0 spiro atoms. The molecule has 0 radical (unpaired) electrons. The normalized spacial score (nSPS) is 26.1. The summed E-state index contributed by atoms with van der Waals surface area (Å²) in [5.74, 6) is 1.13. The first-order valence-electron chi connectivity index (χ1n) is 9.24. The summed E-state index contributed by atoms with van der Waals surface area (Å²) in [6.45, 7) is 2.04. The van der Waals surface area contributed by atoms with Crippen LogP contribution in [0.3, 0.4) is 0 Å². The Bertz CT molecular complexity index is 675. The molecule has 1 aromatic rings. The minimum Gasteiger partial charge on any atom is -0.348 e. The number of allylic oxidation sites excluding steroid dienone is 1. The SMILES string of the molecule is O=C(NC1CCN(C(=O)C2CCc3nnnn3CC2)C1)C1=CCCC1. The number of rotatable bonds is 3. The Hall–Kier alpha value is -2.25. The highest BCUT2D eigenvalue weighted by molar-refractivity contribution is 5.94. The van der Waals surface area contributed by atoms with E-state index < -0.39 is 0 Å². The fourth-order valence-corrected chi connectivity index (χ4v) is 4.04. The van der Waals surface area contributed by atoms with Crippen molar-refractivity contribution in [1.29, 1.82) is 0 Å². The number of hydrogen-bond acceptors (Lipinski definition) is 5. The van der Waals surface area contributed by atoms with Crippen molar-refractivity contribution in [3.63, 3.8) is 0 Å². The Morgan fingerprint density at radius 3 is 2.92 bits per heavy atom. The summed E-state index contributed by atoms with van der Waals surface area (Å²) in [6, 6.07) is 0.0741. The Morgan fingerprint density at radius 1 is 1.16 bits per heavy atom. The Kier molecular flexibility index (Phi) is 4.50. The van der Waals surface area contributed by atoms with Crippen molar-refractivity contribution in [2.75, 3.05) is 13.1 Å². The third kappa shape index (κ3) is 3.43. The number of hydrogen-bond donors (Lipinski definition) is 1. The summed E-state index contributed by atoms with van der Waals surface area (Å²) in [6.07, 6.45) is 8.13. The Labute approximate surface area is 146 Å². The van der Waals surface area contributed by atoms with Crippen LogP contribution >= 0.6 is 0 Å². The molecular weight excluding hydrogens is 320 g/mol. The lowest BCUT2D eigenvalue weighted by Crippen LogP contribution is -2.40. The summed E-state index contributed by atoms with van der Waals surface area (Å²) in [7, 11) is 0. The maximum absolute atomic E-state index is 12.8. The van der Waals surface area contributed by atoms with Gasteiger partial charge < -0.3 is 10.2 Å². The van der Waals surface area contributed by atoms with Crippen LogP contribution < -0.4 is 5.32 Å². The molecular formula is C17H24N6O2. The van der Waals surface area contributed by atoms with Crippen molar-refractivity contribution in [3.05, 3.63) is 17.5 Å². The average molecular weight is 344 g/mol. The second kappa shape index (κ2) is 6.93. The smallest absolute Gasteiger partial charge is 0.247 e. The summed E-state index contributed by atoms with van der Waals surface area (Å²) in [5.41, 5.74) is 0.907. The second-order valence-corrected chi connectivity index (χ2v) is 7.21. The zero-order valence-corrected chi connectivity index (χ0v) is 14.4. The fraction of sp³-hybridized carbons (Fsp3) is 0.706. The van der Waals surface area contributed by atoms with Crippen LogP contribution in [0.2, 0.25) is 0 Å². The maximum atomic E-state index is 12.8. The number of nitrogens with zero attached hydrogens (tertiary/aromatic N) is 5. The maximum Gasteiger partial charge on any atom is 0.247 e. The number of tetrazole rings is 1. The van der Waals surface area contributed by atoms with Crippen molar-refractivity contribution in [2.24, 2.45) is 5.92 Å².